The molecule has 1 fully saturated rings. The van der Waals surface area contributed by atoms with E-state index in [2.05, 4.69) is 14.9 Å². The molecule has 8 heteroatoms. The molecule has 28 heavy (non-hydrogen) atoms. The predicted octanol–water partition coefficient (Wildman–Crippen LogP) is 2.28. The van der Waals surface area contributed by atoms with Crippen LogP contribution in [0.5, 0.6) is 0 Å². The molecule has 0 saturated carbocycles. The topological polar surface area (TPSA) is 69.6 Å². The molecule has 0 atom stereocenters. The minimum Gasteiger partial charge on any atom is -0.363 e. The van der Waals surface area contributed by atoms with Crippen LogP contribution in [0.3, 0.4) is 0 Å². The first-order valence-electron chi connectivity index (χ1n) is 9.27. The molecule has 0 spiro atoms. The summed E-state index contributed by atoms with van der Waals surface area (Å²) in [6.07, 6.45) is 1.65. The average Bonchev–Trinajstić information content (AvgIpc) is 2.67. The normalized spacial score (nSPS) is 15.9. The lowest BCUT2D eigenvalue weighted by Gasteiger charge is -2.34. The maximum atomic E-state index is 12.7. The molecule has 0 aliphatic carbocycles. The van der Waals surface area contributed by atoms with E-state index >= 15 is 0 Å². The van der Waals surface area contributed by atoms with Gasteiger partial charge in [-0.25, -0.2) is 18.4 Å². The van der Waals surface area contributed by atoms with Crippen LogP contribution in [0, 0.1) is 13.8 Å². The van der Waals surface area contributed by atoms with Crippen molar-refractivity contribution >= 4 is 27.7 Å². The van der Waals surface area contributed by atoms with Gasteiger partial charge in [-0.3, -0.25) is 0 Å². The van der Waals surface area contributed by atoms with Gasteiger partial charge < -0.3 is 9.80 Å². The molecule has 150 valence electrons. The fraction of sp³-hybridized carbons (Fsp3) is 0.400. The highest BCUT2D eigenvalue weighted by Gasteiger charge is 2.26. The summed E-state index contributed by atoms with van der Waals surface area (Å²) in [5, 5.41) is 1.30. The van der Waals surface area contributed by atoms with E-state index < -0.39 is 10.0 Å². The molecule has 0 amide bonds. The van der Waals surface area contributed by atoms with Crippen LogP contribution in [0.4, 0.5) is 11.6 Å². The summed E-state index contributed by atoms with van der Waals surface area (Å²) >= 11 is 0. The minimum absolute atomic E-state index is 0.431. The maximum absolute atomic E-state index is 12.7. The average molecular weight is 402 g/mol. The molecule has 1 saturated heterocycles. The summed E-state index contributed by atoms with van der Waals surface area (Å²) in [7, 11) is 0.440. The first-order chi connectivity index (χ1) is 13.2. The number of hydrogen-bond acceptors (Lipinski definition) is 6. The van der Waals surface area contributed by atoms with Crippen molar-refractivity contribution in [1.29, 1.82) is 0 Å². The highest BCUT2D eigenvalue weighted by Crippen LogP contribution is 2.20. The summed E-state index contributed by atoms with van der Waals surface area (Å²) in [5.74, 6) is 2.39. The van der Waals surface area contributed by atoms with Crippen LogP contribution < -0.4 is 9.80 Å². The van der Waals surface area contributed by atoms with Crippen molar-refractivity contribution in [1.82, 2.24) is 14.3 Å². The molecule has 2 heterocycles. The van der Waals surface area contributed by atoms with Crippen molar-refractivity contribution in [2.24, 2.45) is 0 Å². The summed E-state index contributed by atoms with van der Waals surface area (Å²) in [6, 6.07) is 9.71. The van der Waals surface area contributed by atoms with E-state index in [9.17, 15) is 8.42 Å². The van der Waals surface area contributed by atoms with Gasteiger partial charge in [-0.2, -0.15) is 4.31 Å². The lowest BCUT2D eigenvalue weighted by Crippen LogP contribution is -2.48. The molecule has 1 aromatic heterocycles. The molecule has 0 unspecified atom stereocenters. The minimum atomic E-state index is -3.44. The monoisotopic (exact) mass is 401 g/mol. The van der Waals surface area contributed by atoms with E-state index in [1.54, 1.807) is 6.08 Å². The Balaban J connectivity index is 1.67. The molecule has 0 N–H and O–H groups in total. The van der Waals surface area contributed by atoms with Gasteiger partial charge in [0.15, 0.2) is 0 Å². The number of benzene rings is 1. The zero-order valence-corrected chi connectivity index (χ0v) is 17.6. The van der Waals surface area contributed by atoms with Gasteiger partial charge in [-0.15, -0.1) is 0 Å². The standard InChI is InChI=1S/C20H27N5O2S/c1-16-5-7-18(8-6-16)9-14-28(26,27)25-12-10-24(11-13-25)20-15-19(23(3)4)21-17(2)22-20/h5-9,14-15H,10-13H2,1-4H3/b14-9+. The second-order valence-corrected chi connectivity index (χ2v) is 8.99. The Bertz CT molecular complexity index is 947. The first kappa shape index (κ1) is 20.3. The smallest absolute Gasteiger partial charge is 0.236 e. The zero-order valence-electron chi connectivity index (χ0n) is 16.8. The van der Waals surface area contributed by atoms with Gasteiger partial charge in [0.1, 0.15) is 17.5 Å². The van der Waals surface area contributed by atoms with Crippen LogP contribution in [0.15, 0.2) is 35.7 Å². The van der Waals surface area contributed by atoms with Crippen molar-refractivity contribution in [2.45, 2.75) is 13.8 Å². The van der Waals surface area contributed by atoms with Crippen LogP contribution in [-0.2, 0) is 10.0 Å². The Labute approximate surface area is 167 Å². The Hall–Kier alpha value is -2.45. The van der Waals surface area contributed by atoms with Gasteiger partial charge in [0.2, 0.25) is 10.0 Å². The van der Waals surface area contributed by atoms with Gasteiger partial charge in [0.05, 0.1) is 0 Å². The molecule has 0 radical (unpaired) electrons. The molecule has 1 aromatic carbocycles. The number of nitrogens with zero attached hydrogens (tertiary/aromatic N) is 5. The third kappa shape index (κ3) is 4.88. The van der Waals surface area contributed by atoms with E-state index in [0.29, 0.717) is 32.0 Å². The Morgan fingerprint density at radius 1 is 1.00 bits per heavy atom. The van der Waals surface area contributed by atoms with E-state index in [4.69, 9.17) is 0 Å². The SMILES string of the molecule is Cc1ccc(/C=C/S(=O)(=O)N2CCN(c3cc(N(C)C)nc(C)n3)CC2)cc1. The molecule has 1 aliphatic rings. The number of aromatic nitrogens is 2. The van der Waals surface area contributed by atoms with Crippen LogP contribution in [0.1, 0.15) is 17.0 Å². The zero-order chi connectivity index (χ0) is 20.3. The van der Waals surface area contributed by atoms with Crippen LogP contribution >= 0.6 is 0 Å². The molecule has 2 aromatic rings. The van der Waals surface area contributed by atoms with E-state index in [-0.39, 0.29) is 0 Å². The Kier molecular flexibility index (Phi) is 6.00. The van der Waals surface area contributed by atoms with Gasteiger partial charge in [0, 0.05) is 51.7 Å². The molecule has 7 nitrogen and oxygen atoms in total. The fourth-order valence-electron chi connectivity index (χ4n) is 3.03. The number of hydrogen-bond donors (Lipinski definition) is 0. The first-order valence-corrected chi connectivity index (χ1v) is 10.8. The summed E-state index contributed by atoms with van der Waals surface area (Å²) < 4.78 is 26.8. The van der Waals surface area contributed by atoms with Crippen molar-refractivity contribution < 1.29 is 8.42 Å². The Morgan fingerprint density at radius 3 is 2.25 bits per heavy atom. The van der Waals surface area contributed by atoms with Crippen molar-refractivity contribution in [3.8, 4) is 0 Å². The highest BCUT2D eigenvalue weighted by atomic mass is 32.2. The molecular weight excluding hydrogens is 374 g/mol. The van der Waals surface area contributed by atoms with E-state index in [1.165, 1.54) is 9.71 Å². The molecular formula is C20H27N5O2S. The number of aryl methyl sites for hydroxylation is 2. The van der Waals surface area contributed by atoms with Crippen LogP contribution in [0.2, 0.25) is 0 Å². The Morgan fingerprint density at radius 2 is 1.64 bits per heavy atom. The quantitative estimate of drug-likeness (QED) is 0.766. The molecule has 3 rings (SSSR count). The predicted molar refractivity (Wildman–Crippen MR) is 114 cm³/mol. The largest absolute Gasteiger partial charge is 0.363 e. The van der Waals surface area contributed by atoms with Crippen LogP contribution in [0.25, 0.3) is 6.08 Å². The highest BCUT2D eigenvalue weighted by molar-refractivity contribution is 7.92. The molecule has 1 aliphatic heterocycles. The summed E-state index contributed by atoms with van der Waals surface area (Å²) in [4.78, 5) is 13.0. The lowest BCUT2D eigenvalue weighted by molar-refractivity contribution is 0.388. The third-order valence-corrected chi connectivity index (χ3v) is 6.27. The second kappa shape index (κ2) is 8.28. The maximum Gasteiger partial charge on any atom is 0.236 e. The van der Waals surface area contributed by atoms with E-state index in [1.807, 2.05) is 63.2 Å². The lowest BCUT2D eigenvalue weighted by atomic mass is 10.2. The third-order valence-electron chi connectivity index (χ3n) is 4.70. The number of anilines is 2. The van der Waals surface area contributed by atoms with Gasteiger partial charge in [-0.05, 0) is 25.5 Å². The van der Waals surface area contributed by atoms with Crippen molar-refractivity contribution in [3.05, 3.63) is 52.7 Å². The summed E-state index contributed by atoms with van der Waals surface area (Å²) in [6.45, 7) is 5.93. The van der Waals surface area contributed by atoms with Gasteiger partial charge in [-0.1, -0.05) is 29.8 Å². The van der Waals surface area contributed by atoms with Crippen molar-refractivity contribution in [3.63, 3.8) is 0 Å². The summed E-state index contributed by atoms with van der Waals surface area (Å²) in [5.41, 5.74) is 2.02. The molecule has 0 bridgehead atoms. The van der Waals surface area contributed by atoms with Gasteiger partial charge in [0.25, 0.3) is 0 Å². The number of rotatable bonds is 5. The van der Waals surface area contributed by atoms with Crippen LogP contribution in [-0.4, -0.2) is 63.0 Å². The van der Waals surface area contributed by atoms with Gasteiger partial charge >= 0.3 is 0 Å². The second-order valence-electron chi connectivity index (χ2n) is 7.17. The van der Waals surface area contributed by atoms with Crippen molar-refractivity contribution in [2.75, 3.05) is 50.1 Å². The number of sulfonamides is 1. The fourth-order valence-corrected chi connectivity index (χ4v) is 4.20. The van der Waals surface area contributed by atoms with E-state index in [0.717, 1.165) is 22.8 Å². The number of piperazine rings is 1.